The maximum atomic E-state index is 11.9. The highest BCUT2D eigenvalue weighted by molar-refractivity contribution is 5.79. The summed E-state index contributed by atoms with van der Waals surface area (Å²) in [6.07, 6.45) is 4.22. The number of urea groups is 1. The Morgan fingerprint density at radius 2 is 2.05 bits per heavy atom. The SMILES string of the molecule is CCC1CCCN(C(=O)NCC(C)(O)C(=O)O)CC1. The van der Waals surface area contributed by atoms with Crippen LogP contribution in [0.5, 0.6) is 0 Å². The molecule has 1 heterocycles. The van der Waals surface area contributed by atoms with Crippen LogP contribution >= 0.6 is 0 Å². The van der Waals surface area contributed by atoms with E-state index in [0.29, 0.717) is 19.0 Å². The zero-order valence-corrected chi connectivity index (χ0v) is 11.7. The molecule has 0 bridgehead atoms. The number of rotatable bonds is 4. The fraction of sp³-hybridized carbons (Fsp3) is 0.846. The number of nitrogens with one attached hydrogen (secondary N) is 1. The van der Waals surface area contributed by atoms with Gasteiger partial charge in [0, 0.05) is 13.1 Å². The second kappa shape index (κ2) is 6.75. The van der Waals surface area contributed by atoms with Crippen molar-refractivity contribution in [3.63, 3.8) is 0 Å². The van der Waals surface area contributed by atoms with Gasteiger partial charge in [0.2, 0.25) is 0 Å². The van der Waals surface area contributed by atoms with E-state index in [1.807, 2.05) is 0 Å². The summed E-state index contributed by atoms with van der Waals surface area (Å²) in [5.41, 5.74) is -1.92. The minimum atomic E-state index is -1.92. The van der Waals surface area contributed by atoms with Gasteiger partial charge in [0.25, 0.3) is 0 Å². The van der Waals surface area contributed by atoms with Crippen LogP contribution in [0.3, 0.4) is 0 Å². The molecule has 1 aliphatic rings. The van der Waals surface area contributed by atoms with Crippen LogP contribution in [0.4, 0.5) is 4.79 Å². The van der Waals surface area contributed by atoms with Gasteiger partial charge in [0.15, 0.2) is 5.60 Å². The number of aliphatic hydroxyl groups is 1. The highest BCUT2D eigenvalue weighted by atomic mass is 16.4. The molecule has 0 spiro atoms. The Morgan fingerprint density at radius 3 is 2.63 bits per heavy atom. The first-order valence-corrected chi connectivity index (χ1v) is 6.85. The minimum absolute atomic E-state index is 0.283. The summed E-state index contributed by atoms with van der Waals surface area (Å²) in [5, 5.41) is 20.8. The molecule has 3 N–H and O–H groups in total. The van der Waals surface area contributed by atoms with Crippen LogP contribution in [-0.2, 0) is 4.79 Å². The average molecular weight is 272 g/mol. The van der Waals surface area contributed by atoms with Gasteiger partial charge in [0.1, 0.15) is 0 Å². The number of aliphatic carboxylic acids is 1. The summed E-state index contributed by atoms with van der Waals surface area (Å²) in [7, 11) is 0. The van der Waals surface area contributed by atoms with Gasteiger partial charge in [-0.05, 0) is 32.1 Å². The third-order valence-electron chi connectivity index (χ3n) is 3.76. The molecule has 1 aliphatic heterocycles. The normalized spacial score (nSPS) is 23.3. The molecule has 0 aromatic rings. The first-order valence-electron chi connectivity index (χ1n) is 6.85. The van der Waals surface area contributed by atoms with E-state index in [4.69, 9.17) is 5.11 Å². The van der Waals surface area contributed by atoms with Crippen molar-refractivity contribution in [3.05, 3.63) is 0 Å². The number of nitrogens with zero attached hydrogens (tertiary/aromatic N) is 1. The largest absolute Gasteiger partial charge is 0.479 e. The van der Waals surface area contributed by atoms with Crippen LogP contribution in [0.15, 0.2) is 0 Å². The summed E-state index contributed by atoms with van der Waals surface area (Å²) < 4.78 is 0. The van der Waals surface area contributed by atoms with Crippen LogP contribution in [0.2, 0.25) is 0 Å². The lowest BCUT2D eigenvalue weighted by Gasteiger charge is -2.24. The number of hydrogen-bond donors (Lipinski definition) is 3. The molecular weight excluding hydrogens is 248 g/mol. The van der Waals surface area contributed by atoms with Crippen molar-refractivity contribution in [2.45, 2.75) is 45.1 Å². The molecule has 110 valence electrons. The van der Waals surface area contributed by atoms with Crippen LogP contribution in [0.1, 0.15) is 39.5 Å². The quantitative estimate of drug-likeness (QED) is 0.713. The van der Waals surface area contributed by atoms with E-state index in [-0.39, 0.29) is 12.6 Å². The van der Waals surface area contributed by atoms with E-state index < -0.39 is 11.6 Å². The van der Waals surface area contributed by atoms with Crippen molar-refractivity contribution in [1.29, 1.82) is 0 Å². The van der Waals surface area contributed by atoms with Gasteiger partial charge < -0.3 is 20.4 Å². The second-order valence-corrected chi connectivity index (χ2v) is 5.43. The molecule has 2 atom stereocenters. The predicted molar refractivity (Wildman–Crippen MR) is 70.9 cm³/mol. The standard InChI is InChI=1S/C13H24N2O4/c1-3-10-5-4-7-15(8-6-10)12(18)14-9-13(2,19)11(16)17/h10,19H,3-9H2,1-2H3,(H,14,18)(H,16,17). The summed E-state index contributed by atoms with van der Waals surface area (Å²) in [6, 6.07) is -0.293. The molecule has 19 heavy (non-hydrogen) atoms. The fourth-order valence-corrected chi connectivity index (χ4v) is 2.21. The van der Waals surface area contributed by atoms with Gasteiger partial charge >= 0.3 is 12.0 Å². The Balaban J connectivity index is 2.43. The van der Waals surface area contributed by atoms with Gasteiger partial charge in [-0.1, -0.05) is 13.3 Å². The number of carboxylic acids is 1. The van der Waals surface area contributed by atoms with E-state index in [9.17, 15) is 14.7 Å². The number of likely N-dealkylation sites (tertiary alicyclic amines) is 1. The van der Waals surface area contributed by atoms with Gasteiger partial charge in [-0.2, -0.15) is 0 Å². The van der Waals surface area contributed by atoms with Gasteiger partial charge in [-0.3, -0.25) is 0 Å². The lowest BCUT2D eigenvalue weighted by Crippen LogP contribution is -2.50. The summed E-state index contributed by atoms with van der Waals surface area (Å²) in [4.78, 5) is 24.4. The summed E-state index contributed by atoms with van der Waals surface area (Å²) in [5.74, 6) is -0.672. The zero-order chi connectivity index (χ0) is 14.5. The molecular formula is C13H24N2O4. The smallest absolute Gasteiger partial charge is 0.337 e. The van der Waals surface area contributed by atoms with Crippen molar-refractivity contribution in [3.8, 4) is 0 Å². The monoisotopic (exact) mass is 272 g/mol. The third-order valence-corrected chi connectivity index (χ3v) is 3.76. The van der Waals surface area contributed by atoms with Crippen LogP contribution in [0.25, 0.3) is 0 Å². The Morgan fingerprint density at radius 1 is 1.37 bits per heavy atom. The third kappa shape index (κ3) is 4.70. The molecule has 1 fully saturated rings. The zero-order valence-electron chi connectivity index (χ0n) is 11.7. The molecule has 1 rings (SSSR count). The van der Waals surface area contributed by atoms with E-state index in [1.165, 1.54) is 6.92 Å². The lowest BCUT2D eigenvalue weighted by molar-refractivity contribution is -0.155. The molecule has 1 saturated heterocycles. The van der Waals surface area contributed by atoms with E-state index in [2.05, 4.69) is 12.2 Å². The molecule has 6 heteroatoms. The Hall–Kier alpha value is -1.30. The molecule has 0 aromatic heterocycles. The first-order chi connectivity index (χ1) is 8.86. The summed E-state index contributed by atoms with van der Waals surface area (Å²) in [6.45, 7) is 4.43. The van der Waals surface area contributed by atoms with E-state index in [1.54, 1.807) is 4.90 Å². The number of amides is 2. The Bertz CT molecular complexity index is 331. The topological polar surface area (TPSA) is 89.9 Å². The molecule has 6 nitrogen and oxygen atoms in total. The number of carboxylic acid groups (broad SMARTS) is 1. The summed E-state index contributed by atoms with van der Waals surface area (Å²) >= 11 is 0. The molecule has 0 radical (unpaired) electrons. The van der Waals surface area contributed by atoms with Gasteiger partial charge in [-0.15, -0.1) is 0 Å². The Kier molecular flexibility index (Phi) is 5.60. The number of carbonyl (C=O) groups is 2. The van der Waals surface area contributed by atoms with Gasteiger partial charge in [-0.25, -0.2) is 9.59 Å². The minimum Gasteiger partial charge on any atom is -0.479 e. The van der Waals surface area contributed by atoms with Crippen molar-refractivity contribution in [2.24, 2.45) is 5.92 Å². The highest BCUT2D eigenvalue weighted by Gasteiger charge is 2.31. The van der Waals surface area contributed by atoms with Gasteiger partial charge in [0.05, 0.1) is 6.54 Å². The van der Waals surface area contributed by atoms with Crippen molar-refractivity contribution >= 4 is 12.0 Å². The molecule has 0 aromatic carbocycles. The maximum Gasteiger partial charge on any atom is 0.337 e. The number of hydrogen-bond acceptors (Lipinski definition) is 3. The van der Waals surface area contributed by atoms with Crippen LogP contribution in [-0.4, -0.2) is 52.3 Å². The number of carbonyl (C=O) groups excluding carboxylic acids is 1. The second-order valence-electron chi connectivity index (χ2n) is 5.43. The predicted octanol–water partition coefficient (Wildman–Crippen LogP) is 1.04. The lowest BCUT2D eigenvalue weighted by atomic mass is 9.98. The molecule has 2 amide bonds. The first kappa shape index (κ1) is 15.8. The van der Waals surface area contributed by atoms with Crippen molar-refractivity contribution < 1.29 is 19.8 Å². The average Bonchev–Trinajstić information content (AvgIpc) is 2.61. The van der Waals surface area contributed by atoms with Crippen LogP contribution < -0.4 is 5.32 Å². The van der Waals surface area contributed by atoms with Crippen molar-refractivity contribution in [2.75, 3.05) is 19.6 Å². The Labute approximate surface area is 113 Å². The van der Waals surface area contributed by atoms with Crippen LogP contribution in [0, 0.1) is 5.92 Å². The maximum absolute atomic E-state index is 11.9. The fourth-order valence-electron chi connectivity index (χ4n) is 2.21. The molecule has 0 aliphatic carbocycles. The van der Waals surface area contributed by atoms with E-state index >= 15 is 0 Å². The van der Waals surface area contributed by atoms with E-state index in [0.717, 1.165) is 25.7 Å². The van der Waals surface area contributed by atoms with Crippen molar-refractivity contribution in [1.82, 2.24) is 10.2 Å². The highest BCUT2D eigenvalue weighted by Crippen LogP contribution is 2.20. The molecule has 0 saturated carbocycles. The molecule has 2 unspecified atom stereocenters.